The minimum atomic E-state index is 0.685. The van der Waals surface area contributed by atoms with Crippen molar-refractivity contribution in [1.29, 1.82) is 0 Å². The fourth-order valence-corrected chi connectivity index (χ4v) is 2.59. The molecule has 0 unspecified atom stereocenters. The number of benzene rings is 2. The van der Waals surface area contributed by atoms with Gasteiger partial charge in [0, 0.05) is 23.3 Å². The lowest BCUT2D eigenvalue weighted by Crippen LogP contribution is -1.97. The monoisotopic (exact) mass is 308 g/mol. The lowest BCUT2D eigenvalue weighted by Gasteiger charge is -2.13. The zero-order valence-electron chi connectivity index (χ0n) is 13.8. The summed E-state index contributed by atoms with van der Waals surface area (Å²) in [5, 5.41) is 5.65. The maximum atomic E-state index is 5.35. The Hall–Kier alpha value is -2.75. The predicted molar refractivity (Wildman–Crippen MR) is 94.0 cm³/mol. The van der Waals surface area contributed by atoms with Gasteiger partial charge in [0.25, 0.3) is 0 Å². The van der Waals surface area contributed by atoms with E-state index in [9.17, 15) is 0 Å². The van der Waals surface area contributed by atoms with Gasteiger partial charge in [-0.05, 0) is 54.6 Å². The molecule has 0 amide bonds. The first kappa shape index (κ1) is 15.2. The fourth-order valence-electron chi connectivity index (χ4n) is 2.59. The number of rotatable bonds is 4. The molecule has 0 aliphatic rings. The second-order valence-electron chi connectivity index (χ2n) is 5.51. The van der Waals surface area contributed by atoms with Crippen LogP contribution in [0, 0.1) is 13.8 Å². The Morgan fingerprint density at radius 3 is 2.35 bits per heavy atom. The molecule has 3 rings (SSSR count). The lowest BCUT2D eigenvalue weighted by atomic mass is 10.0. The molecule has 1 aromatic heterocycles. The lowest BCUT2D eigenvalue weighted by molar-refractivity contribution is 0.355. The van der Waals surface area contributed by atoms with Crippen LogP contribution in [0.3, 0.4) is 0 Å². The first-order valence-electron chi connectivity index (χ1n) is 7.47. The van der Waals surface area contributed by atoms with Crippen LogP contribution in [0.25, 0.3) is 10.8 Å². The van der Waals surface area contributed by atoms with Crippen molar-refractivity contribution in [2.75, 3.05) is 19.5 Å². The molecular formula is C19H20N2O2. The summed E-state index contributed by atoms with van der Waals surface area (Å²) in [5.41, 5.74) is 3.43. The van der Waals surface area contributed by atoms with Gasteiger partial charge in [-0.2, -0.15) is 0 Å². The van der Waals surface area contributed by atoms with Crippen molar-refractivity contribution >= 4 is 22.3 Å². The van der Waals surface area contributed by atoms with Crippen molar-refractivity contribution in [3.05, 3.63) is 53.7 Å². The van der Waals surface area contributed by atoms with Crippen LogP contribution >= 0.6 is 0 Å². The van der Waals surface area contributed by atoms with Crippen molar-refractivity contribution < 1.29 is 9.47 Å². The van der Waals surface area contributed by atoms with Gasteiger partial charge >= 0.3 is 0 Å². The Bertz CT molecular complexity index is 859. The molecule has 4 heteroatoms. The number of fused-ring (bicyclic) bond motifs is 1. The van der Waals surface area contributed by atoms with Gasteiger partial charge in [0.15, 0.2) is 11.5 Å². The van der Waals surface area contributed by atoms with E-state index in [1.807, 2.05) is 30.5 Å². The number of hydrogen-bond donors (Lipinski definition) is 1. The molecule has 0 aliphatic heterocycles. The van der Waals surface area contributed by atoms with E-state index in [1.165, 1.54) is 16.5 Å². The maximum absolute atomic E-state index is 5.35. The molecule has 118 valence electrons. The third-order valence-corrected chi connectivity index (χ3v) is 4.02. The maximum Gasteiger partial charge on any atom is 0.162 e. The van der Waals surface area contributed by atoms with Crippen molar-refractivity contribution in [3.63, 3.8) is 0 Å². The van der Waals surface area contributed by atoms with Crippen LogP contribution in [-0.4, -0.2) is 19.2 Å². The summed E-state index contributed by atoms with van der Waals surface area (Å²) in [4.78, 5) is 4.49. The minimum absolute atomic E-state index is 0.685. The van der Waals surface area contributed by atoms with Crippen LogP contribution in [0.15, 0.2) is 42.6 Å². The van der Waals surface area contributed by atoms with Gasteiger partial charge in [-0.1, -0.05) is 6.07 Å². The summed E-state index contributed by atoms with van der Waals surface area (Å²) >= 11 is 0. The van der Waals surface area contributed by atoms with E-state index >= 15 is 0 Å². The predicted octanol–water partition coefficient (Wildman–Crippen LogP) is 4.61. The van der Waals surface area contributed by atoms with Crippen LogP contribution in [0.2, 0.25) is 0 Å². The molecule has 0 saturated heterocycles. The molecule has 1 heterocycles. The van der Waals surface area contributed by atoms with Crippen LogP contribution in [0.4, 0.5) is 11.5 Å². The molecule has 0 bridgehead atoms. The molecule has 0 spiro atoms. The Morgan fingerprint density at radius 2 is 1.61 bits per heavy atom. The van der Waals surface area contributed by atoms with Gasteiger partial charge in [-0.3, -0.25) is 0 Å². The Kier molecular flexibility index (Phi) is 4.06. The molecule has 0 aliphatic carbocycles. The zero-order valence-corrected chi connectivity index (χ0v) is 13.8. The highest BCUT2D eigenvalue weighted by molar-refractivity contribution is 5.94. The van der Waals surface area contributed by atoms with E-state index in [1.54, 1.807) is 14.2 Å². The normalized spacial score (nSPS) is 10.6. The molecule has 1 N–H and O–H groups in total. The van der Waals surface area contributed by atoms with Crippen LogP contribution in [-0.2, 0) is 0 Å². The molecular weight excluding hydrogens is 288 g/mol. The fraction of sp³-hybridized carbons (Fsp3) is 0.211. The first-order chi connectivity index (χ1) is 11.1. The van der Waals surface area contributed by atoms with Gasteiger partial charge in [-0.15, -0.1) is 0 Å². The molecule has 0 saturated carbocycles. The van der Waals surface area contributed by atoms with Crippen molar-refractivity contribution in [3.8, 4) is 11.5 Å². The second kappa shape index (κ2) is 6.16. The number of aryl methyl sites for hydroxylation is 2. The minimum Gasteiger partial charge on any atom is -0.493 e. The van der Waals surface area contributed by atoms with Crippen molar-refractivity contribution in [2.45, 2.75) is 13.8 Å². The van der Waals surface area contributed by atoms with E-state index in [2.05, 4.69) is 36.3 Å². The van der Waals surface area contributed by atoms with E-state index in [0.29, 0.717) is 11.5 Å². The number of nitrogens with one attached hydrogen (secondary N) is 1. The quantitative estimate of drug-likeness (QED) is 0.764. The number of aromatic nitrogens is 1. The summed E-state index contributed by atoms with van der Waals surface area (Å²) < 4.78 is 10.6. The average Bonchev–Trinajstić information content (AvgIpc) is 2.56. The summed E-state index contributed by atoms with van der Waals surface area (Å²) in [5.74, 6) is 2.22. The molecule has 0 fully saturated rings. The van der Waals surface area contributed by atoms with Crippen molar-refractivity contribution in [1.82, 2.24) is 4.98 Å². The standard InChI is InChI=1S/C19H20N2O2/c1-12-9-14-7-8-20-19(16(14)10-13(12)2)21-15-5-6-17(22-3)18(11-15)23-4/h5-11H,1-4H3,(H,20,21). The summed E-state index contributed by atoms with van der Waals surface area (Å²) in [6.45, 7) is 4.23. The summed E-state index contributed by atoms with van der Waals surface area (Å²) in [6, 6.07) is 12.1. The highest BCUT2D eigenvalue weighted by Crippen LogP contribution is 2.32. The van der Waals surface area contributed by atoms with Crippen LogP contribution in [0.5, 0.6) is 11.5 Å². The molecule has 0 radical (unpaired) electrons. The topological polar surface area (TPSA) is 43.4 Å². The largest absolute Gasteiger partial charge is 0.493 e. The zero-order chi connectivity index (χ0) is 16.4. The van der Waals surface area contributed by atoms with E-state index < -0.39 is 0 Å². The van der Waals surface area contributed by atoms with E-state index in [4.69, 9.17) is 9.47 Å². The van der Waals surface area contributed by atoms with Gasteiger partial charge in [-0.25, -0.2) is 4.98 Å². The van der Waals surface area contributed by atoms with E-state index in [0.717, 1.165) is 16.9 Å². The van der Waals surface area contributed by atoms with Gasteiger partial charge < -0.3 is 14.8 Å². The third kappa shape index (κ3) is 2.93. The number of nitrogens with zero attached hydrogens (tertiary/aromatic N) is 1. The molecule has 4 nitrogen and oxygen atoms in total. The van der Waals surface area contributed by atoms with Gasteiger partial charge in [0.2, 0.25) is 0 Å². The van der Waals surface area contributed by atoms with Crippen molar-refractivity contribution in [2.24, 2.45) is 0 Å². The average molecular weight is 308 g/mol. The highest BCUT2D eigenvalue weighted by atomic mass is 16.5. The number of methoxy groups -OCH3 is 2. The van der Waals surface area contributed by atoms with Gasteiger partial charge in [0.1, 0.15) is 5.82 Å². The number of ether oxygens (including phenoxy) is 2. The van der Waals surface area contributed by atoms with Gasteiger partial charge in [0.05, 0.1) is 14.2 Å². The molecule has 3 aromatic rings. The summed E-state index contributed by atoms with van der Waals surface area (Å²) in [6.07, 6.45) is 1.82. The Morgan fingerprint density at radius 1 is 0.870 bits per heavy atom. The Balaban J connectivity index is 2.03. The smallest absolute Gasteiger partial charge is 0.162 e. The molecule has 23 heavy (non-hydrogen) atoms. The molecule has 2 aromatic carbocycles. The first-order valence-corrected chi connectivity index (χ1v) is 7.47. The van der Waals surface area contributed by atoms with E-state index in [-0.39, 0.29) is 0 Å². The number of hydrogen-bond acceptors (Lipinski definition) is 4. The molecule has 0 atom stereocenters. The SMILES string of the molecule is COc1ccc(Nc2nccc3cc(C)c(C)cc23)cc1OC. The van der Waals surface area contributed by atoms with Crippen LogP contribution < -0.4 is 14.8 Å². The second-order valence-corrected chi connectivity index (χ2v) is 5.51. The van der Waals surface area contributed by atoms with Crippen LogP contribution in [0.1, 0.15) is 11.1 Å². The highest BCUT2D eigenvalue weighted by Gasteiger charge is 2.08. The number of pyridine rings is 1. The third-order valence-electron chi connectivity index (χ3n) is 4.02. The summed E-state index contributed by atoms with van der Waals surface area (Å²) in [7, 11) is 3.26. The number of anilines is 2. The Labute approximate surface area is 136 Å².